The minimum Gasteiger partial charge on any atom is -0.480 e. The summed E-state index contributed by atoms with van der Waals surface area (Å²) in [5.74, 6) is 0.227. The Morgan fingerprint density at radius 1 is 1.50 bits per heavy atom. The first-order valence-corrected chi connectivity index (χ1v) is 6.12. The summed E-state index contributed by atoms with van der Waals surface area (Å²) in [4.78, 5) is 14.5. The van der Waals surface area contributed by atoms with Crippen LogP contribution in [0.4, 0.5) is 5.69 Å². The number of ether oxygens (including phenoxy) is 1. The Bertz CT molecular complexity index is 542. The lowest BCUT2D eigenvalue weighted by atomic mass is 10.2. The smallest absolute Gasteiger partial charge is 0.311 e. The molecule has 2 N–H and O–H groups in total. The van der Waals surface area contributed by atoms with Crippen molar-refractivity contribution in [1.29, 1.82) is 0 Å². The maximum absolute atomic E-state index is 10.9. The predicted molar refractivity (Wildman–Crippen MR) is 67.4 cm³/mol. The van der Waals surface area contributed by atoms with Crippen molar-refractivity contribution in [1.82, 2.24) is 4.98 Å². The average molecular weight is 265 g/mol. The van der Waals surface area contributed by atoms with Crippen molar-refractivity contribution in [3.05, 3.63) is 50.5 Å². The zero-order chi connectivity index (χ0) is 13.0. The zero-order valence-corrected chi connectivity index (χ0v) is 10.2. The summed E-state index contributed by atoms with van der Waals surface area (Å²) in [7, 11) is 0. The SMILES string of the molecule is NCc1ccc(OCc2cscn2)c([N+](=O)[O-])c1. The van der Waals surface area contributed by atoms with Gasteiger partial charge in [-0.2, -0.15) is 0 Å². The maximum Gasteiger partial charge on any atom is 0.311 e. The summed E-state index contributed by atoms with van der Waals surface area (Å²) in [6, 6.07) is 4.70. The zero-order valence-electron chi connectivity index (χ0n) is 9.41. The number of thiazole rings is 1. The molecule has 0 saturated carbocycles. The lowest BCUT2D eigenvalue weighted by molar-refractivity contribution is -0.386. The molecular formula is C11H11N3O3S. The molecule has 0 aliphatic heterocycles. The number of nitrogens with two attached hydrogens (primary N) is 1. The Morgan fingerprint density at radius 2 is 2.33 bits per heavy atom. The Balaban J connectivity index is 2.18. The maximum atomic E-state index is 10.9. The lowest BCUT2D eigenvalue weighted by Crippen LogP contribution is -2.02. The lowest BCUT2D eigenvalue weighted by Gasteiger charge is -2.06. The molecule has 1 heterocycles. The van der Waals surface area contributed by atoms with Crippen molar-refractivity contribution >= 4 is 17.0 Å². The number of nitro groups is 1. The normalized spacial score (nSPS) is 10.3. The molecular weight excluding hydrogens is 254 g/mol. The van der Waals surface area contributed by atoms with Crippen molar-refractivity contribution in [2.24, 2.45) is 5.73 Å². The van der Waals surface area contributed by atoms with Crippen molar-refractivity contribution in [3.63, 3.8) is 0 Å². The third-order valence-corrected chi connectivity index (χ3v) is 2.95. The Morgan fingerprint density at radius 3 is 2.94 bits per heavy atom. The number of hydrogen-bond acceptors (Lipinski definition) is 6. The number of rotatable bonds is 5. The van der Waals surface area contributed by atoms with E-state index < -0.39 is 4.92 Å². The van der Waals surface area contributed by atoms with Crippen LogP contribution in [0.1, 0.15) is 11.3 Å². The molecule has 1 aromatic carbocycles. The van der Waals surface area contributed by atoms with Gasteiger partial charge in [0.2, 0.25) is 0 Å². The van der Waals surface area contributed by atoms with Gasteiger partial charge in [0.1, 0.15) is 6.61 Å². The summed E-state index contributed by atoms with van der Waals surface area (Å²) >= 11 is 1.45. The molecule has 0 spiro atoms. The second-order valence-corrected chi connectivity index (χ2v) is 4.25. The number of nitro benzene ring substituents is 1. The molecule has 0 saturated heterocycles. The summed E-state index contributed by atoms with van der Waals surface area (Å²) in [6.07, 6.45) is 0. The van der Waals surface area contributed by atoms with Crippen LogP contribution in [0.3, 0.4) is 0 Å². The molecule has 0 unspecified atom stereocenters. The fourth-order valence-corrected chi connectivity index (χ4v) is 1.96. The van der Waals surface area contributed by atoms with Gasteiger partial charge in [-0.3, -0.25) is 10.1 Å². The number of nitrogens with zero attached hydrogens (tertiary/aromatic N) is 2. The van der Waals surface area contributed by atoms with Gasteiger partial charge in [0.25, 0.3) is 0 Å². The van der Waals surface area contributed by atoms with Crippen LogP contribution in [0.15, 0.2) is 29.1 Å². The van der Waals surface area contributed by atoms with E-state index in [0.717, 1.165) is 5.69 Å². The number of aromatic nitrogens is 1. The Labute approximate surface area is 107 Å². The molecule has 94 valence electrons. The predicted octanol–water partition coefficient (Wildman–Crippen LogP) is 2.09. The van der Waals surface area contributed by atoms with Crippen LogP contribution in [-0.4, -0.2) is 9.91 Å². The van der Waals surface area contributed by atoms with Gasteiger partial charge in [0.05, 0.1) is 16.1 Å². The van der Waals surface area contributed by atoms with Crippen molar-refractivity contribution in [2.45, 2.75) is 13.2 Å². The molecule has 7 heteroatoms. The molecule has 6 nitrogen and oxygen atoms in total. The Kier molecular flexibility index (Phi) is 3.85. The van der Waals surface area contributed by atoms with Gasteiger partial charge in [-0.1, -0.05) is 6.07 Å². The van der Waals surface area contributed by atoms with Crippen LogP contribution in [-0.2, 0) is 13.2 Å². The van der Waals surface area contributed by atoms with Crippen LogP contribution in [0, 0.1) is 10.1 Å². The summed E-state index contributed by atoms with van der Waals surface area (Å²) in [5, 5.41) is 12.8. The van der Waals surface area contributed by atoms with Crippen LogP contribution in [0.5, 0.6) is 5.75 Å². The van der Waals surface area contributed by atoms with Gasteiger partial charge in [0.15, 0.2) is 5.75 Å². The second kappa shape index (κ2) is 5.56. The highest BCUT2D eigenvalue weighted by molar-refractivity contribution is 7.07. The monoisotopic (exact) mass is 265 g/mol. The van der Waals surface area contributed by atoms with Crippen molar-refractivity contribution in [2.75, 3.05) is 0 Å². The molecule has 0 atom stereocenters. The van der Waals surface area contributed by atoms with E-state index in [1.165, 1.54) is 17.4 Å². The quantitative estimate of drug-likeness (QED) is 0.660. The first-order chi connectivity index (χ1) is 8.70. The second-order valence-electron chi connectivity index (χ2n) is 3.53. The first-order valence-electron chi connectivity index (χ1n) is 5.18. The van der Waals surface area contributed by atoms with E-state index in [4.69, 9.17) is 10.5 Å². The number of benzene rings is 1. The van der Waals surface area contributed by atoms with E-state index in [0.29, 0.717) is 5.56 Å². The van der Waals surface area contributed by atoms with E-state index in [1.54, 1.807) is 17.6 Å². The van der Waals surface area contributed by atoms with Gasteiger partial charge in [-0.05, 0) is 11.6 Å². The van der Waals surface area contributed by atoms with Gasteiger partial charge >= 0.3 is 5.69 Å². The molecule has 18 heavy (non-hydrogen) atoms. The number of hydrogen-bond donors (Lipinski definition) is 1. The minimum atomic E-state index is -0.477. The van der Waals surface area contributed by atoms with E-state index in [2.05, 4.69) is 4.98 Å². The molecule has 0 aliphatic rings. The largest absolute Gasteiger partial charge is 0.480 e. The van der Waals surface area contributed by atoms with E-state index in [-0.39, 0.29) is 24.6 Å². The average Bonchev–Trinajstić information content (AvgIpc) is 2.89. The molecule has 2 rings (SSSR count). The van der Waals surface area contributed by atoms with E-state index >= 15 is 0 Å². The van der Waals surface area contributed by atoms with Crippen molar-refractivity contribution < 1.29 is 9.66 Å². The summed E-state index contributed by atoms with van der Waals surface area (Å²) in [5.41, 5.74) is 8.50. The van der Waals surface area contributed by atoms with Crippen LogP contribution < -0.4 is 10.5 Å². The topological polar surface area (TPSA) is 91.3 Å². The molecule has 0 amide bonds. The van der Waals surface area contributed by atoms with E-state index in [1.807, 2.05) is 5.38 Å². The third kappa shape index (κ3) is 2.82. The first kappa shape index (κ1) is 12.5. The standard InChI is InChI=1S/C11H11N3O3S/c12-4-8-1-2-11(10(3-8)14(15)16)17-5-9-6-18-7-13-9/h1-3,6-7H,4-5,12H2. The highest BCUT2D eigenvalue weighted by atomic mass is 32.1. The molecule has 0 aliphatic carbocycles. The van der Waals surface area contributed by atoms with Crippen LogP contribution in [0.2, 0.25) is 0 Å². The fourth-order valence-electron chi connectivity index (χ4n) is 1.42. The minimum absolute atomic E-state index is 0.0758. The third-order valence-electron chi connectivity index (χ3n) is 2.31. The van der Waals surface area contributed by atoms with Gasteiger partial charge in [0, 0.05) is 18.0 Å². The van der Waals surface area contributed by atoms with E-state index in [9.17, 15) is 10.1 Å². The van der Waals surface area contributed by atoms with Gasteiger partial charge in [-0.25, -0.2) is 4.98 Å². The molecule has 2 aromatic rings. The Hall–Kier alpha value is -1.99. The molecule has 0 fully saturated rings. The summed E-state index contributed by atoms with van der Waals surface area (Å²) < 4.78 is 5.40. The molecule has 0 radical (unpaired) electrons. The van der Waals surface area contributed by atoms with Gasteiger partial charge in [-0.15, -0.1) is 11.3 Å². The van der Waals surface area contributed by atoms with Crippen LogP contribution in [0.25, 0.3) is 0 Å². The van der Waals surface area contributed by atoms with Crippen molar-refractivity contribution in [3.8, 4) is 5.75 Å². The summed E-state index contributed by atoms with van der Waals surface area (Å²) in [6.45, 7) is 0.472. The fraction of sp³-hybridized carbons (Fsp3) is 0.182. The highest BCUT2D eigenvalue weighted by Crippen LogP contribution is 2.28. The molecule has 0 bridgehead atoms. The molecule has 1 aromatic heterocycles. The van der Waals surface area contributed by atoms with Gasteiger partial charge < -0.3 is 10.5 Å². The highest BCUT2D eigenvalue weighted by Gasteiger charge is 2.15. The van der Waals surface area contributed by atoms with Crippen LogP contribution >= 0.6 is 11.3 Å².